The third-order valence-corrected chi connectivity index (χ3v) is 18.5. The molecule has 3 aliphatic rings. The van der Waals surface area contributed by atoms with E-state index in [2.05, 4.69) is 52.1 Å². The first-order valence-corrected chi connectivity index (χ1v) is 32.3. The van der Waals surface area contributed by atoms with E-state index >= 15 is 0 Å². The first-order chi connectivity index (χ1) is 38.7. The van der Waals surface area contributed by atoms with E-state index < -0.39 is 30.7 Å². The second kappa shape index (κ2) is 27.8. The summed E-state index contributed by atoms with van der Waals surface area (Å²) in [5.41, 5.74) is 6.59. The van der Waals surface area contributed by atoms with Crippen LogP contribution < -0.4 is 36.2 Å². The number of hydrogen-bond donors (Lipinski definition) is 5. The molecule has 18 nitrogen and oxygen atoms in total. The lowest BCUT2D eigenvalue weighted by atomic mass is 9.85. The minimum Gasteiger partial charge on any atom is -0.494 e. The number of piperazine rings is 1. The summed E-state index contributed by atoms with van der Waals surface area (Å²) in [6.45, 7) is 16.5. The number of carbonyl (C=O) groups excluding carboxylic acids is 4. The number of aliphatic hydroxyl groups excluding tert-OH is 1. The molecule has 1 unspecified atom stereocenters. The number of halogens is 1. The number of unbranched alkanes of at least 4 members (excludes halogenated alkanes) is 5. The van der Waals surface area contributed by atoms with E-state index in [9.17, 15) is 28.8 Å². The number of hydrogen-bond acceptors (Lipinski definition) is 15. The zero-order valence-corrected chi connectivity index (χ0v) is 50.5. The predicted molar refractivity (Wildman–Crippen MR) is 324 cm³/mol. The van der Waals surface area contributed by atoms with Crippen LogP contribution in [0.1, 0.15) is 103 Å². The van der Waals surface area contributed by atoms with Gasteiger partial charge in [0.1, 0.15) is 30.0 Å². The molecule has 0 aliphatic carbocycles. The van der Waals surface area contributed by atoms with Crippen LogP contribution in [0.5, 0.6) is 5.75 Å². The number of likely N-dealkylation sites (tertiary alicyclic amines) is 1. The predicted octanol–water partition coefficient (Wildman–Crippen LogP) is 9.35. The van der Waals surface area contributed by atoms with Gasteiger partial charge in [-0.1, -0.05) is 94.5 Å². The quantitative estimate of drug-likeness (QED) is 0.0305. The number of benzene rings is 3. The Morgan fingerprint density at radius 3 is 2.22 bits per heavy atom. The number of piperidine rings is 1. The van der Waals surface area contributed by atoms with E-state index in [0.717, 1.165) is 112 Å². The van der Waals surface area contributed by atoms with Gasteiger partial charge in [-0.25, -0.2) is 9.97 Å². The maximum atomic E-state index is 14.1. The van der Waals surface area contributed by atoms with Gasteiger partial charge < -0.3 is 50.4 Å². The van der Waals surface area contributed by atoms with E-state index in [1.54, 1.807) is 31.8 Å². The third-order valence-electron chi connectivity index (χ3n) is 15.7. The van der Waals surface area contributed by atoms with Gasteiger partial charge in [0, 0.05) is 94.7 Å². The van der Waals surface area contributed by atoms with Crippen LogP contribution in [0, 0.1) is 12.3 Å². The van der Waals surface area contributed by atoms with Crippen LogP contribution in [-0.4, -0.2) is 149 Å². The van der Waals surface area contributed by atoms with Gasteiger partial charge in [0.2, 0.25) is 29.6 Å². The van der Waals surface area contributed by atoms with Crippen molar-refractivity contribution in [2.45, 2.75) is 129 Å². The van der Waals surface area contributed by atoms with Crippen molar-refractivity contribution >= 4 is 87.8 Å². The SMILES string of the molecule is COc1cc(N2CCC(N3CCN(C(=O)CCCCCCCCC(=O)NC(C(=O)N4C[C@H](O)C[C@H]4C(=O)NCc4ccc(-c5scnc5C)cc4)C(C)(C)C)CC3)CC2)ccc1Nc1ncc(Cl)c(Nc2ccccc2P(C)(C)=O)n1. The van der Waals surface area contributed by atoms with Crippen LogP contribution in [0.3, 0.4) is 0 Å². The normalized spacial score (nSPS) is 17.7. The summed E-state index contributed by atoms with van der Waals surface area (Å²) in [5, 5.41) is 24.1. The second-order valence-corrected chi connectivity index (χ2v) is 27.5. The summed E-state index contributed by atoms with van der Waals surface area (Å²) in [5.74, 6) is 0.683. The van der Waals surface area contributed by atoms with Crippen molar-refractivity contribution < 1.29 is 33.6 Å². The second-order valence-electron chi connectivity index (χ2n) is 23.1. The fraction of sp³-hybridized carbons (Fsp3) is 0.517. The Kier molecular flexibility index (Phi) is 20.9. The van der Waals surface area contributed by atoms with Gasteiger partial charge in [0.15, 0.2) is 5.82 Å². The third kappa shape index (κ3) is 16.3. The van der Waals surface area contributed by atoms with Gasteiger partial charge in [-0.15, -0.1) is 11.3 Å². The number of anilines is 5. The van der Waals surface area contributed by atoms with Crippen molar-refractivity contribution in [2.24, 2.45) is 5.41 Å². The number of nitrogens with one attached hydrogen (secondary N) is 4. The Labute approximate surface area is 486 Å². The number of methoxy groups -OCH3 is 1. The van der Waals surface area contributed by atoms with Crippen LogP contribution in [0.25, 0.3) is 10.4 Å². The average Bonchev–Trinajstić information content (AvgIpc) is 4.10. The van der Waals surface area contributed by atoms with Crippen molar-refractivity contribution in [3.63, 3.8) is 0 Å². The molecule has 21 heteroatoms. The number of aryl methyl sites for hydroxylation is 1. The molecular formula is C60H81ClN11O7PS. The summed E-state index contributed by atoms with van der Waals surface area (Å²) in [6, 6.07) is 20.2. The largest absolute Gasteiger partial charge is 0.494 e. The molecule has 2 aromatic heterocycles. The molecule has 81 heavy (non-hydrogen) atoms. The number of thiazole rings is 1. The summed E-state index contributed by atoms with van der Waals surface area (Å²) >= 11 is 8.08. The zero-order valence-electron chi connectivity index (χ0n) is 48.0. The number of β-amino-alcohol motifs (C(OH)–C–C–N with tert-alkyl or cyclic N) is 1. The van der Waals surface area contributed by atoms with Gasteiger partial charge in [-0.3, -0.25) is 24.1 Å². The van der Waals surface area contributed by atoms with Crippen molar-refractivity contribution in [2.75, 3.05) is 81.8 Å². The summed E-state index contributed by atoms with van der Waals surface area (Å²) in [4.78, 5) is 77.0. The topological polar surface area (TPSA) is 215 Å². The molecule has 3 atom stereocenters. The molecule has 3 fully saturated rings. The minimum absolute atomic E-state index is 0.0237. The Morgan fingerprint density at radius 2 is 1.56 bits per heavy atom. The van der Waals surface area contributed by atoms with Crippen LogP contribution >= 0.6 is 30.1 Å². The lowest BCUT2D eigenvalue weighted by Gasteiger charge is -2.43. The molecule has 0 radical (unpaired) electrons. The number of aromatic nitrogens is 3. The standard InChI is InChI=1S/C60H81ClN11O7PS/c1-40-54(81-39-64-40)42-22-20-41(21-23-42)36-62-57(76)49-35-45(73)38-72(49)58(77)55(60(2,3)4)67-52(74)18-12-10-8-9-11-13-19-53(75)71-32-30-70(31-33-71)43-26-28-69(29-27-43)44-24-25-47(50(34-44)79-5)66-59-63-37-46(61)56(68-59)65-48-16-14-15-17-51(48)80(6,7)78/h14-17,20-25,34,37,39,43,45,49,55,73H,8-13,18-19,26-33,35-36,38H2,1-7H3,(H,62,76)(H,67,74)(H2,63,65,66,68)/t45-,49+,55?/m1/s1. The van der Waals surface area contributed by atoms with E-state index in [1.807, 2.05) is 98.8 Å². The lowest BCUT2D eigenvalue weighted by Crippen LogP contribution is -2.57. The van der Waals surface area contributed by atoms with Crippen molar-refractivity contribution in [3.8, 4) is 16.2 Å². The van der Waals surface area contributed by atoms with Gasteiger partial charge in [0.25, 0.3) is 0 Å². The maximum Gasteiger partial charge on any atom is 0.246 e. The summed E-state index contributed by atoms with van der Waals surface area (Å²) in [7, 11) is -0.922. The van der Waals surface area contributed by atoms with E-state index in [0.29, 0.717) is 58.1 Å². The summed E-state index contributed by atoms with van der Waals surface area (Å²) < 4.78 is 18.8. The molecule has 0 spiro atoms. The number of rotatable bonds is 23. The van der Waals surface area contributed by atoms with Crippen molar-refractivity contribution in [1.82, 2.24) is 40.3 Å². The molecule has 436 valence electrons. The molecule has 8 rings (SSSR count). The molecule has 5 aromatic rings. The van der Waals surface area contributed by atoms with E-state index in [4.69, 9.17) is 16.3 Å². The van der Waals surface area contributed by atoms with Gasteiger partial charge in [-0.05, 0) is 86.7 Å². The zero-order chi connectivity index (χ0) is 57.8. The van der Waals surface area contributed by atoms with E-state index in [1.165, 1.54) is 11.1 Å². The monoisotopic (exact) mass is 1170 g/mol. The Bertz CT molecular complexity index is 3010. The molecule has 0 saturated carbocycles. The number of carbonyl (C=O) groups is 4. The van der Waals surface area contributed by atoms with Crippen LogP contribution in [0.4, 0.5) is 28.8 Å². The highest BCUT2D eigenvalue weighted by atomic mass is 35.5. The first kappa shape index (κ1) is 61.0. The maximum absolute atomic E-state index is 14.1. The van der Waals surface area contributed by atoms with Crippen LogP contribution in [0.15, 0.2) is 78.4 Å². The van der Waals surface area contributed by atoms with Gasteiger partial charge in [-0.2, -0.15) is 4.98 Å². The van der Waals surface area contributed by atoms with Crippen molar-refractivity contribution in [1.29, 1.82) is 0 Å². The minimum atomic E-state index is -2.57. The molecule has 5 heterocycles. The van der Waals surface area contributed by atoms with Crippen molar-refractivity contribution in [3.05, 3.63) is 94.7 Å². The summed E-state index contributed by atoms with van der Waals surface area (Å²) in [6.07, 6.45) is 8.97. The molecular weight excluding hydrogens is 1090 g/mol. The molecule has 5 N–H and O–H groups in total. The lowest BCUT2D eigenvalue weighted by molar-refractivity contribution is -0.144. The average molecular weight is 1170 g/mol. The Morgan fingerprint density at radius 1 is 0.864 bits per heavy atom. The Balaban J connectivity index is 0.694. The van der Waals surface area contributed by atoms with Gasteiger partial charge >= 0.3 is 0 Å². The Hall–Kier alpha value is -6.11. The highest BCUT2D eigenvalue weighted by Gasteiger charge is 2.44. The fourth-order valence-electron chi connectivity index (χ4n) is 11.1. The van der Waals surface area contributed by atoms with Gasteiger partial charge in [0.05, 0.1) is 46.9 Å². The molecule has 0 bridgehead atoms. The smallest absolute Gasteiger partial charge is 0.246 e. The number of ether oxygens (including phenoxy) is 1. The number of aliphatic hydroxyl groups is 1. The van der Waals surface area contributed by atoms with E-state index in [-0.39, 0.29) is 49.6 Å². The molecule has 3 aromatic carbocycles. The molecule has 3 aliphatic heterocycles. The van der Waals surface area contributed by atoms with Crippen LogP contribution in [0.2, 0.25) is 5.02 Å². The first-order valence-electron chi connectivity index (χ1n) is 28.5. The molecule has 3 saturated heterocycles. The molecule has 4 amide bonds. The highest BCUT2D eigenvalue weighted by molar-refractivity contribution is 7.70. The number of amides is 4. The van der Waals surface area contributed by atoms with Crippen LogP contribution in [-0.2, 0) is 30.3 Å². The fourth-order valence-corrected chi connectivity index (χ4v) is 13.2. The number of para-hydroxylation sites is 1. The highest BCUT2D eigenvalue weighted by Crippen LogP contribution is 2.39. The number of nitrogens with zero attached hydrogens (tertiary/aromatic N) is 7.